The highest BCUT2D eigenvalue weighted by molar-refractivity contribution is 6.07. The Morgan fingerprint density at radius 1 is 1.00 bits per heavy atom. The van der Waals surface area contributed by atoms with E-state index in [-0.39, 0.29) is 11.6 Å². The topological polar surface area (TPSA) is 51.0 Å². The number of imidazole rings is 1. The molecule has 0 radical (unpaired) electrons. The van der Waals surface area contributed by atoms with Crippen LogP contribution >= 0.6 is 0 Å². The summed E-state index contributed by atoms with van der Waals surface area (Å²) in [4.78, 5) is 25.0. The number of carbonyl (C=O) groups is 1. The summed E-state index contributed by atoms with van der Waals surface area (Å²) in [5, 5.41) is 0.969. The van der Waals surface area contributed by atoms with Crippen LogP contribution in [0.3, 0.4) is 0 Å². The van der Waals surface area contributed by atoms with E-state index in [2.05, 4.69) is 21.5 Å². The summed E-state index contributed by atoms with van der Waals surface area (Å²) in [7, 11) is 2.07. The first-order chi connectivity index (χ1) is 18.5. The molecule has 1 aliphatic heterocycles. The van der Waals surface area contributed by atoms with E-state index in [9.17, 15) is 9.18 Å². The molecule has 0 bridgehead atoms. The third kappa shape index (κ3) is 5.14. The fourth-order valence-corrected chi connectivity index (χ4v) is 6.44. The average Bonchev–Trinajstić information content (AvgIpc) is 3.28. The number of halogens is 1. The van der Waals surface area contributed by atoms with Crippen LogP contribution in [0.5, 0.6) is 0 Å². The van der Waals surface area contributed by atoms with Gasteiger partial charge in [0.2, 0.25) is 0 Å². The first-order valence-electron chi connectivity index (χ1n) is 13.9. The average molecular weight is 511 g/mol. The zero-order chi connectivity index (χ0) is 26.1. The summed E-state index contributed by atoms with van der Waals surface area (Å²) in [5.74, 6) is 2.18. The molecule has 0 atom stereocenters. The summed E-state index contributed by atoms with van der Waals surface area (Å²) in [6.45, 7) is 3.03. The Labute approximate surface area is 223 Å². The largest absolute Gasteiger partial charge is 0.331 e. The smallest absolute Gasteiger partial charge is 0.163 e. The van der Waals surface area contributed by atoms with Crippen LogP contribution in [0.25, 0.3) is 22.3 Å². The molecule has 2 aromatic carbocycles. The van der Waals surface area contributed by atoms with E-state index in [1.165, 1.54) is 37.1 Å². The van der Waals surface area contributed by atoms with Gasteiger partial charge in [-0.25, -0.2) is 9.37 Å². The summed E-state index contributed by atoms with van der Waals surface area (Å²) >= 11 is 0. The molecule has 0 amide bonds. The summed E-state index contributed by atoms with van der Waals surface area (Å²) < 4.78 is 15.5. The van der Waals surface area contributed by atoms with Gasteiger partial charge in [0, 0.05) is 61.4 Å². The number of fused-ring (bicyclic) bond motifs is 2. The zero-order valence-corrected chi connectivity index (χ0v) is 22.1. The Hall–Kier alpha value is -3.38. The first-order valence-corrected chi connectivity index (χ1v) is 13.9. The van der Waals surface area contributed by atoms with Gasteiger partial charge in [-0.05, 0) is 74.0 Å². The molecule has 1 aliphatic carbocycles. The molecule has 3 heterocycles. The molecule has 38 heavy (non-hydrogen) atoms. The molecule has 0 unspecified atom stereocenters. The van der Waals surface area contributed by atoms with Crippen LogP contribution in [0.4, 0.5) is 4.39 Å². The van der Waals surface area contributed by atoms with E-state index in [0.29, 0.717) is 12.3 Å². The molecule has 196 valence electrons. The Morgan fingerprint density at radius 3 is 2.61 bits per heavy atom. The van der Waals surface area contributed by atoms with Crippen LogP contribution in [0.1, 0.15) is 60.3 Å². The first kappa shape index (κ1) is 24.9. The lowest BCUT2D eigenvalue weighted by Crippen LogP contribution is -2.33. The van der Waals surface area contributed by atoms with Crippen LogP contribution in [0.15, 0.2) is 60.8 Å². The monoisotopic (exact) mass is 510 g/mol. The van der Waals surface area contributed by atoms with Crippen LogP contribution in [0.2, 0.25) is 0 Å². The molecule has 4 aromatic rings. The maximum absolute atomic E-state index is 13.4. The van der Waals surface area contributed by atoms with E-state index in [0.717, 1.165) is 78.4 Å². The minimum atomic E-state index is -0.220. The van der Waals surface area contributed by atoms with Crippen molar-refractivity contribution in [3.05, 3.63) is 83.6 Å². The van der Waals surface area contributed by atoms with Crippen molar-refractivity contribution in [1.29, 1.82) is 0 Å². The molecule has 0 N–H and O–H groups in total. The minimum absolute atomic E-state index is 0.220. The van der Waals surface area contributed by atoms with Gasteiger partial charge in [-0.15, -0.1) is 0 Å². The normalized spacial score (nSPS) is 19.9. The molecule has 5 nitrogen and oxygen atoms in total. The van der Waals surface area contributed by atoms with Gasteiger partial charge in [0.05, 0.1) is 11.2 Å². The lowest BCUT2D eigenvalue weighted by Gasteiger charge is -2.31. The van der Waals surface area contributed by atoms with Crippen LogP contribution in [-0.2, 0) is 20.0 Å². The van der Waals surface area contributed by atoms with Crippen molar-refractivity contribution in [2.75, 3.05) is 13.1 Å². The van der Waals surface area contributed by atoms with Crippen molar-refractivity contribution in [2.24, 2.45) is 18.9 Å². The second-order valence-electron chi connectivity index (χ2n) is 11.1. The molecule has 0 spiro atoms. The number of carbonyl (C=O) groups excluding carboxylic acids is 1. The number of ketones is 1. The van der Waals surface area contributed by atoms with Gasteiger partial charge < -0.3 is 4.57 Å². The maximum atomic E-state index is 13.4. The maximum Gasteiger partial charge on any atom is 0.163 e. The van der Waals surface area contributed by atoms with E-state index in [1.807, 2.05) is 42.5 Å². The lowest BCUT2D eigenvalue weighted by atomic mass is 9.78. The molecule has 0 saturated heterocycles. The Bertz CT molecular complexity index is 1430. The zero-order valence-electron chi connectivity index (χ0n) is 22.1. The fourth-order valence-electron chi connectivity index (χ4n) is 6.44. The third-order valence-corrected chi connectivity index (χ3v) is 8.68. The molecule has 1 fully saturated rings. The highest BCUT2D eigenvalue weighted by Crippen LogP contribution is 2.34. The second kappa shape index (κ2) is 10.8. The van der Waals surface area contributed by atoms with Crippen molar-refractivity contribution in [3.63, 3.8) is 0 Å². The number of Topliss-reactive ketones (excluding diaryl/α,β-unsaturated/α-hetero) is 1. The number of nitrogens with zero attached hydrogens (tertiary/aromatic N) is 4. The SMILES string of the molecule is Cn1c(-c2ccc(F)cc2)nc2c1CCN(CCC1CCC(CC(=O)c3cccc4ncccc34)CC1)C2. The molecular formula is C32H35FN4O. The Kier molecular flexibility index (Phi) is 7.07. The van der Waals surface area contributed by atoms with Gasteiger partial charge in [0.1, 0.15) is 11.6 Å². The molecule has 1 saturated carbocycles. The summed E-state index contributed by atoms with van der Waals surface area (Å²) in [5.41, 5.74) is 5.13. The number of pyridine rings is 1. The molecular weight excluding hydrogens is 475 g/mol. The van der Waals surface area contributed by atoms with Gasteiger partial charge in [-0.2, -0.15) is 0 Å². The van der Waals surface area contributed by atoms with Gasteiger partial charge in [0.15, 0.2) is 5.78 Å². The quantitative estimate of drug-likeness (QED) is 0.263. The van der Waals surface area contributed by atoms with E-state index < -0.39 is 0 Å². The van der Waals surface area contributed by atoms with E-state index >= 15 is 0 Å². The molecule has 6 rings (SSSR count). The molecule has 2 aliphatic rings. The van der Waals surface area contributed by atoms with Crippen molar-refractivity contribution in [2.45, 2.75) is 51.5 Å². The van der Waals surface area contributed by atoms with Crippen LogP contribution < -0.4 is 0 Å². The second-order valence-corrected chi connectivity index (χ2v) is 11.1. The van der Waals surface area contributed by atoms with E-state index in [1.54, 1.807) is 6.20 Å². The van der Waals surface area contributed by atoms with Crippen LogP contribution in [0, 0.1) is 17.7 Å². The van der Waals surface area contributed by atoms with Crippen LogP contribution in [-0.4, -0.2) is 38.3 Å². The van der Waals surface area contributed by atoms with Crippen molar-refractivity contribution in [3.8, 4) is 11.4 Å². The van der Waals surface area contributed by atoms with Gasteiger partial charge in [-0.1, -0.05) is 31.0 Å². The minimum Gasteiger partial charge on any atom is -0.331 e. The van der Waals surface area contributed by atoms with E-state index in [4.69, 9.17) is 4.98 Å². The number of rotatable bonds is 7. The number of aromatic nitrogens is 3. The number of hydrogen-bond acceptors (Lipinski definition) is 4. The lowest BCUT2D eigenvalue weighted by molar-refractivity contribution is 0.0941. The third-order valence-electron chi connectivity index (χ3n) is 8.68. The van der Waals surface area contributed by atoms with Crippen molar-refractivity contribution < 1.29 is 9.18 Å². The number of benzene rings is 2. The predicted octanol–water partition coefficient (Wildman–Crippen LogP) is 6.60. The fraction of sp³-hybridized carbons (Fsp3) is 0.406. The standard InChI is InChI=1S/C32H35FN4O/c1-36-30-16-19-37(21-29(30)35-32(36)24-11-13-25(33)14-12-24)18-15-22-7-9-23(10-8-22)20-31(38)27-4-2-6-28-26(27)5-3-17-34-28/h2-6,11-14,17,22-23H,7-10,15-16,18-21H2,1H3. The van der Waals surface area contributed by atoms with Crippen molar-refractivity contribution in [1.82, 2.24) is 19.4 Å². The highest BCUT2D eigenvalue weighted by atomic mass is 19.1. The van der Waals surface area contributed by atoms with Gasteiger partial charge >= 0.3 is 0 Å². The summed E-state index contributed by atoms with van der Waals surface area (Å²) in [6.07, 6.45) is 9.35. The number of hydrogen-bond donors (Lipinski definition) is 0. The van der Waals surface area contributed by atoms with Gasteiger partial charge in [0.25, 0.3) is 0 Å². The Morgan fingerprint density at radius 2 is 1.79 bits per heavy atom. The molecule has 6 heteroatoms. The molecule has 2 aromatic heterocycles. The predicted molar refractivity (Wildman–Crippen MR) is 148 cm³/mol. The Balaban J connectivity index is 0.996. The van der Waals surface area contributed by atoms with Crippen molar-refractivity contribution >= 4 is 16.7 Å². The van der Waals surface area contributed by atoms with Gasteiger partial charge in [-0.3, -0.25) is 14.7 Å². The summed E-state index contributed by atoms with van der Waals surface area (Å²) in [6, 6.07) is 16.4. The highest BCUT2D eigenvalue weighted by Gasteiger charge is 2.27.